The smallest absolute Gasteiger partial charge is 0.230 e. The number of hydrogen-bond donors (Lipinski definition) is 2. The zero-order chi connectivity index (χ0) is 12.9. The third kappa shape index (κ3) is 4.67. The summed E-state index contributed by atoms with van der Waals surface area (Å²) in [5, 5.41) is 6.03. The van der Waals surface area contributed by atoms with Crippen molar-refractivity contribution in [1.82, 2.24) is 5.32 Å². The van der Waals surface area contributed by atoms with Gasteiger partial charge in [0, 0.05) is 17.6 Å². The van der Waals surface area contributed by atoms with E-state index in [0.29, 0.717) is 0 Å². The van der Waals surface area contributed by atoms with Crippen LogP contribution >= 0.6 is 12.4 Å². The summed E-state index contributed by atoms with van der Waals surface area (Å²) in [7, 11) is 1.92. The minimum Gasteiger partial charge on any atom is -0.326 e. The van der Waals surface area contributed by atoms with Crippen LogP contribution in [0.15, 0.2) is 24.3 Å². The van der Waals surface area contributed by atoms with Crippen LogP contribution in [0.4, 0.5) is 5.69 Å². The minimum absolute atomic E-state index is 0. The number of rotatable bonds is 5. The molecule has 0 aliphatic heterocycles. The lowest BCUT2D eigenvalue weighted by molar-refractivity contribution is -0.124. The number of amides is 1. The van der Waals surface area contributed by atoms with Gasteiger partial charge in [-0.3, -0.25) is 4.79 Å². The van der Waals surface area contributed by atoms with Crippen molar-refractivity contribution in [1.29, 1.82) is 0 Å². The monoisotopic (exact) mass is 270 g/mol. The maximum atomic E-state index is 12.0. The molecule has 3 nitrogen and oxygen atoms in total. The van der Waals surface area contributed by atoms with E-state index in [1.54, 1.807) is 0 Å². The fourth-order valence-corrected chi connectivity index (χ4v) is 1.37. The van der Waals surface area contributed by atoms with E-state index in [9.17, 15) is 4.79 Å². The second-order valence-corrected chi connectivity index (χ2v) is 4.92. The van der Waals surface area contributed by atoms with Crippen LogP contribution in [0.5, 0.6) is 0 Å². The molecule has 0 atom stereocenters. The number of hydrogen-bond acceptors (Lipinski definition) is 2. The summed E-state index contributed by atoms with van der Waals surface area (Å²) in [4.78, 5) is 12.0. The van der Waals surface area contributed by atoms with Crippen molar-refractivity contribution in [3.05, 3.63) is 29.8 Å². The van der Waals surface area contributed by atoms with Gasteiger partial charge >= 0.3 is 0 Å². The van der Waals surface area contributed by atoms with Crippen molar-refractivity contribution in [2.75, 3.05) is 12.4 Å². The quantitative estimate of drug-likeness (QED) is 0.863. The highest BCUT2D eigenvalue weighted by molar-refractivity contribution is 5.94. The molecule has 102 valence electrons. The molecule has 18 heavy (non-hydrogen) atoms. The SMILES string of the molecule is CCC(C)(C)C(=O)Nc1ccc(CNC)cc1.Cl. The fraction of sp³-hybridized carbons (Fsp3) is 0.500. The Morgan fingerprint density at radius 2 is 1.78 bits per heavy atom. The molecule has 0 saturated heterocycles. The number of carbonyl (C=O) groups excluding carboxylic acids is 1. The Balaban J connectivity index is 0.00000289. The molecular formula is C14H23ClN2O. The molecule has 0 unspecified atom stereocenters. The fourth-order valence-electron chi connectivity index (χ4n) is 1.37. The van der Waals surface area contributed by atoms with Crippen molar-refractivity contribution < 1.29 is 4.79 Å². The first-order valence-electron chi connectivity index (χ1n) is 6.04. The van der Waals surface area contributed by atoms with Crippen LogP contribution in [-0.4, -0.2) is 13.0 Å². The number of anilines is 1. The third-order valence-corrected chi connectivity index (χ3v) is 3.09. The molecule has 0 saturated carbocycles. The van der Waals surface area contributed by atoms with E-state index in [-0.39, 0.29) is 23.7 Å². The van der Waals surface area contributed by atoms with Crippen LogP contribution in [0.25, 0.3) is 0 Å². The number of halogens is 1. The largest absolute Gasteiger partial charge is 0.326 e. The third-order valence-electron chi connectivity index (χ3n) is 3.09. The first kappa shape index (κ1) is 16.9. The predicted molar refractivity (Wildman–Crippen MR) is 79.2 cm³/mol. The normalized spacial score (nSPS) is 10.7. The van der Waals surface area contributed by atoms with Gasteiger partial charge in [-0.25, -0.2) is 0 Å². The molecule has 0 spiro atoms. The van der Waals surface area contributed by atoms with Crippen molar-refractivity contribution in [3.8, 4) is 0 Å². The second kappa shape index (κ2) is 7.39. The number of nitrogens with one attached hydrogen (secondary N) is 2. The van der Waals surface area contributed by atoms with E-state index in [0.717, 1.165) is 18.7 Å². The average Bonchev–Trinajstić information content (AvgIpc) is 2.32. The van der Waals surface area contributed by atoms with Gasteiger partial charge in [-0.05, 0) is 31.2 Å². The lowest BCUT2D eigenvalue weighted by Crippen LogP contribution is -2.29. The predicted octanol–water partition coefficient (Wildman–Crippen LogP) is 3.20. The topological polar surface area (TPSA) is 41.1 Å². The van der Waals surface area contributed by atoms with E-state index in [4.69, 9.17) is 0 Å². The molecular weight excluding hydrogens is 248 g/mol. The van der Waals surface area contributed by atoms with Crippen molar-refractivity contribution in [3.63, 3.8) is 0 Å². The highest BCUT2D eigenvalue weighted by Crippen LogP contribution is 2.22. The Morgan fingerprint density at radius 1 is 1.22 bits per heavy atom. The molecule has 0 aromatic heterocycles. The molecule has 1 rings (SSSR count). The van der Waals surface area contributed by atoms with Crippen molar-refractivity contribution in [2.45, 2.75) is 33.7 Å². The van der Waals surface area contributed by atoms with Crippen LogP contribution in [0.1, 0.15) is 32.8 Å². The Hall–Kier alpha value is -1.06. The lowest BCUT2D eigenvalue weighted by Gasteiger charge is -2.21. The van der Waals surface area contributed by atoms with Crippen LogP contribution in [-0.2, 0) is 11.3 Å². The van der Waals surface area contributed by atoms with E-state index < -0.39 is 0 Å². The number of benzene rings is 1. The molecule has 0 aliphatic carbocycles. The molecule has 1 amide bonds. The Morgan fingerprint density at radius 3 is 2.22 bits per heavy atom. The first-order chi connectivity index (χ1) is 7.99. The summed E-state index contributed by atoms with van der Waals surface area (Å²) in [6, 6.07) is 7.92. The standard InChI is InChI=1S/C14H22N2O.ClH/c1-5-14(2,3)13(17)16-12-8-6-11(7-9-12)10-15-4;/h6-9,15H,5,10H2,1-4H3,(H,16,17);1H. The maximum Gasteiger partial charge on any atom is 0.230 e. The van der Waals surface area contributed by atoms with Gasteiger partial charge in [-0.15, -0.1) is 12.4 Å². The molecule has 1 aromatic rings. The number of carbonyl (C=O) groups is 1. The lowest BCUT2D eigenvalue weighted by atomic mass is 9.89. The highest BCUT2D eigenvalue weighted by Gasteiger charge is 2.24. The van der Waals surface area contributed by atoms with Crippen LogP contribution in [0.3, 0.4) is 0 Å². The maximum absolute atomic E-state index is 12.0. The van der Waals surface area contributed by atoms with Gasteiger partial charge in [0.25, 0.3) is 0 Å². The summed E-state index contributed by atoms with van der Waals surface area (Å²) in [5.74, 6) is 0.0707. The van der Waals surface area contributed by atoms with Gasteiger partial charge in [-0.1, -0.05) is 32.9 Å². The molecule has 1 aromatic carbocycles. The average molecular weight is 271 g/mol. The van der Waals surface area contributed by atoms with Crippen LogP contribution in [0, 0.1) is 5.41 Å². The second-order valence-electron chi connectivity index (χ2n) is 4.92. The Kier molecular flexibility index (Phi) is 6.96. The Labute approximate surface area is 116 Å². The first-order valence-corrected chi connectivity index (χ1v) is 6.04. The van der Waals surface area contributed by atoms with Crippen LogP contribution < -0.4 is 10.6 Å². The summed E-state index contributed by atoms with van der Waals surface area (Å²) in [6.07, 6.45) is 0.830. The molecule has 2 N–H and O–H groups in total. The Bertz CT molecular complexity index is 374. The zero-order valence-corrected chi connectivity index (χ0v) is 12.4. The summed E-state index contributed by atoms with van der Waals surface area (Å²) >= 11 is 0. The molecule has 0 fully saturated rings. The van der Waals surface area contributed by atoms with Gasteiger partial charge in [0.15, 0.2) is 0 Å². The van der Waals surface area contributed by atoms with Gasteiger partial charge in [-0.2, -0.15) is 0 Å². The van der Waals surface area contributed by atoms with E-state index in [1.165, 1.54) is 5.56 Å². The molecule has 0 aliphatic rings. The van der Waals surface area contributed by atoms with E-state index in [2.05, 4.69) is 10.6 Å². The summed E-state index contributed by atoms with van der Waals surface area (Å²) < 4.78 is 0. The molecule has 0 bridgehead atoms. The van der Waals surface area contributed by atoms with Crippen LogP contribution in [0.2, 0.25) is 0 Å². The van der Waals surface area contributed by atoms with E-state index in [1.807, 2.05) is 52.1 Å². The zero-order valence-electron chi connectivity index (χ0n) is 11.5. The van der Waals surface area contributed by atoms with Gasteiger partial charge in [0.05, 0.1) is 0 Å². The molecule has 0 heterocycles. The van der Waals surface area contributed by atoms with E-state index >= 15 is 0 Å². The van der Waals surface area contributed by atoms with Gasteiger partial charge in [0.1, 0.15) is 0 Å². The van der Waals surface area contributed by atoms with Crippen molar-refractivity contribution >= 4 is 24.0 Å². The highest BCUT2D eigenvalue weighted by atomic mass is 35.5. The van der Waals surface area contributed by atoms with Gasteiger partial charge < -0.3 is 10.6 Å². The molecule has 4 heteroatoms. The summed E-state index contributed by atoms with van der Waals surface area (Å²) in [5.41, 5.74) is 1.75. The molecule has 0 radical (unpaired) electrons. The van der Waals surface area contributed by atoms with Crippen molar-refractivity contribution in [2.24, 2.45) is 5.41 Å². The summed E-state index contributed by atoms with van der Waals surface area (Å²) in [6.45, 7) is 6.78. The minimum atomic E-state index is -0.316. The van der Waals surface area contributed by atoms with Gasteiger partial charge in [0.2, 0.25) is 5.91 Å².